The SMILES string of the molecule is CCOc1ccc(S(=O)(=O)NCCC(=O)OC(C(=O)NC(=O)NC)c2ccccc2)cc1. The molecule has 2 aromatic rings. The Morgan fingerprint density at radius 1 is 1.00 bits per heavy atom. The van der Waals surface area contributed by atoms with Gasteiger partial charge in [-0.2, -0.15) is 0 Å². The van der Waals surface area contributed by atoms with Gasteiger partial charge in [-0.05, 0) is 31.2 Å². The van der Waals surface area contributed by atoms with Crippen molar-refractivity contribution >= 4 is 27.9 Å². The van der Waals surface area contributed by atoms with E-state index in [1.807, 2.05) is 6.92 Å². The van der Waals surface area contributed by atoms with Gasteiger partial charge < -0.3 is 14.8 Å². The average Bonchev–Trinajstić information content (AvgIpc) is 2.78. The number of ether oxygens (including phenoxy) is 2. The number of imide groups is 1. The summed E-state index contributed by atoms with van der Waals surface area (Å²) in [6.45, 7) is 2.03. The Morgan fingerprint density at radius 3 is 2.25 bits per heavy atom. The number of carbonyl (C=O) groups is 3. The van der Waals surface area contributed by atoms with Gasteiger partial charge in [-0.25, -0.2) is 17.9 Å². The molecule has 3 amide bonds. The Kier molecular flexibility index (Phi) is 9.17. The van der Waals surface area contributed by atoms with Crippen LogP contribution in [0.4, 0.5) is 4.79 Å². The predicted molar refractivity (Wildman–Crippen MR) is 115 cm³/mol. The van der Waals surface area contributed by atoms with Crippen molar-refractivity contribution in [2.45, 2.75) is 24.3 Å². The lowest BCUT2D eigenvalue weighted by molar-refractivity contribution is -0.156. The lowest BCUT2D eigenvalue weighted by Crippen LogP contribution is -2.41. The van der Waals surface area contributed by atoms with Crippen LogP contribution in [0.15, 0.2) is 59.5 Å². The van der Waals surface area contributed by atoms with Crippen molar-refractivity contribution < 1.29 is 32.3 Å². The van der Waals surface area contributed by atoms with E-state index in [0.29, 0.717) is 17.9 Å². The van der Waals surface area contributed by atoms with Crippen LogP contribution in [0.3, 0.4) is 0 Å². The van der Waals surface area contributed by atoms with Gasteiger partial charge in [-0.15, -0.1) is 0 Å². The number of hydrogen-bond acceptors (Lipinski definition) is 7. The number of urea groups is 1. The van der Waals surface area contributed by atoms with Gasteiger partial charge in [0.1, 0.15) is 5.75 Å². The molecule has 0 aliphatic heterocycles. The van der Waals surface area contributed by atoms with Crippen molar-refractivity contribution in [2.75, 3.05) is 20.2 Å². The molecule has 2 rings (SSSR count). The van der Waals surface area contributed by atoms with Crippen LogP contribution < -0.4 is 20.1 Å². The van der Waals surface area contributed by atoms with Crippen LogP contribution in [0.25, 0.3) is 0 Å². The van der Waals surface area contributed by atoms with Crippen LogP contribution in [-0.2, 0) is 24.3 Å². The molecule has 0 radical (unpaired) electrons. The normalized spacial score (nSPS) is 11.8. The first-order chi connectivity index (χ1) is 15.3. The highest BCUT2D eigenvalue weighted by Crippen LogP contribution is 2.19. The third-order valence-electron chi connectivity index (χ3n) is 4.12. The molecule has 2 aromatic carbocycles. The van der Waals surface area contributed by atoms with Crippen molar-refractivity contribution in [1.82, 2.24) is 15.4 Å². The summed E-state index contributed by atoms with van der Waals surface area (Å²) in [6, 6.07) is 13.2. The largest absolute Gasteiger partial charge is 0.494 e. The van der Waals surface area contributed by atoms with Crippen LogP contribution >= 0.6 is 0 Å². The number of nitrogens with one attached hydrogen (secondary N) is 3. The van der Waals surface area contributed by atoms with Crippen LogP contribution in [0.1, 0.15) is 25.0 Å². The number of esters is 1. The van der Waals surface area contributed by atoms with E-state index in [-0.39, 0.29) is 17.9 Å². The van der Waals surface area contributed by atoms with E-state index in [0.717, 1.165) is 0 Å². The second-order valence-electron chi connectivity index (χ2n) is 6.40. The van der Waals surface area contributed by atoms with E-state index in [9.17, 15) is 22.8 Å². The zero-order valence-corrected chi connectivity index (χ0v) is 18.5. The summed E-state index contributed by atoms with van der Waals surface area (Å²) < 4.78 is 37.6. The monoisotopic (exact) mass is 463 g/mol. The Hall–Kier alpha value is -3.44. The molecule has 0 bridgehead atoms. The first-order valence-electron chi connectivity index (χ1n) is 9.76. The molecule has 10 nitrogen and oxygen atoms in total. The highest BCUT2D eigenvalue weighted by molar-refractivity contribution is 7.89. The van der Waals surface area contributed by atoms with E-state index in [2.05, 4.69) is 15.4 Å². The van der Waals surface area contributed by atoms with Gasteiger partial charge in [0.15, 0.2) is 0 Å². The second kappa shape index (κ2) is 11.8. The zero-order chi connectivity index (χ0) is 23.6. The number of benzene rings is 2. The van der Waals surface area contributed by atoms with Gasteiger partial charge in [-0.1, -0.05) is 30.3 Å². The summed E-state index contributed by atoms with van der Waals surface area (Å²) >= 11 is 0. The molecule has 0 spiro atoms. The molecule has 0 aliphatic carbocycles. The van der Waals surface area contributed by atoms with Crippen LogP contribution in [0.2, 0.25) is 0 Å². The average molecular weight is 464 g/mol. The summed E-state index contributed by atoms with van der Waals surface area (Å²) in [6.07, 6.45) is -1.70. The van der Waals surface area contributed by atoms with Crippen molar-refractivity contribution in [3.8, 4) is 5.75 Å². The third kappa shape index (κ3) is 7.36. The van der Waals surface area contributed by atoms with Gasteiger partial charge in [0, 0.05) is 19.2 Å². The fraction of sp³-hybridized carbons (Fsp3) is 0.286. The first-order valence-corrected chi connectivity index (χ1v) is 11.2. The minimum absolute atomic E-state index is 0.0152. The molecule has 0 saturated heterocycles. The van der Waals surface area contributed by atoms with Gasteiger partial charge >= 0.3 is 12.0 Å². The lowest BCUT2D eigenvalue weighted by Gasteiger charge is -2.17. The highest BCUT2D eigenvalue weighted by Gasteiger charge is 2.26. The molecular formula is C21H25N3O7S. The van der Waals surface area contributed by atoms with E-state index in [1.54, 1.807) is 30.3 Å². The Balaban J connectivity index is 1.97. The molecule has 0 aromatic heterocycles. The van der Waals surface area contributed by atoms with E-state index in [1.165, 1.54) is 31.3 Å². The minimum atomic E-state index is -3.85. The Bertz CT molecular complexity index is 1030. The fourth-order valence-electron chi connectivity index (χ4n) is 2.58. The smallest absolute Gasteiger partial charge is 0.321 e. The second-order valence-corrected chi connectivity index (χ2v) is 8.17. The summed E-state index contributed by atoms with van der Waals surface area (Å²) in [4.78, 5) is 36.1. The molecule has 0 aliphatic rings. The number of sulfonamides is 1. The van der Waals surface area contributed by atoms with E-state index >= 15 is 0 Å². The van der Waals surface area contributed by atoms with Gasteiger partial charge in [-0.3, -0.25) is 14.9 Å². The summed E-state index contributed by atoms with van der Waals surface area (Å²) in [7, 11) is -2.51. The quantitative estimate of drug-likeness (QED) is 0.454. The van der Waals surface area contributed by atoms with Crippen LogP contribution in [0, 0.1) is 0 Å². The standard InChI is InChI=1S/C21H25N3O7S/c1-3-30-16-9-11-17(12-10-16)32(28,29)23-14-13-18(25)31-19(15-7-5-4-6-8-15)20(26)24-21(27)22-2/h4-12,19,23H,3,13-14H2,1-2H3,(H2,22,24,26,27). The summed E-state index contributed by atoms with van der Waals surface area (Å²) in [5, 5.41) is 4.30. The molecule has 1 atom stereocenters. The highest BCUT2D eigenvalue weighted by atomic mass is 32.2. The molecule has 0 fully saturated rings. The van der Waals surface area contributed by atoms with E-state index in [4.69, 9.17) is 9.47 Å². The zero-order valence-electron chi connectivity index (χ0n) is 17.7. The molecule has 0 heterocycles. The number of hydrogen-bond donors (Lipinski definition) is 3. The molecular weight excluding hydrogens is 438 g/mol. The third-order valence-corrected chi connectivity index (χ3v) is 5.60. The summed E-state index contributed by atoms with van der Waals surface area (Å²) in [5.41, 5.74) is 0.359. The molecule has 32 heavy (non-hydrogen) atoms. The van der Waals surface area contributed by atoms with Crippen molar-refractivity contribution in [3.05, 3.63) is 60.2 Å². The minimum Gasteiger partial charge on any atom is -0.494 e. The number of rotatable bonds is 10. The molecule has 11 heteroatoms. The van der Waals surface area contributed by atoms with Gasteiger partial charge in [0.2, 0.25) is 16.1 Å². The predicted octanol–water partition coefficient (Wildman–Crippen LogP) is 1.49. The lowest BCUT2D eigenvalue weighted by atomic mass is 10.1. The topological polar surface area (TPSA) is 140 Å². The van der Waals surface area contributed by atoms with Gasteiger partial charge in [0.05, 0.1) is 17.9 Å². The molecule has 1 unspecified atom stereocenters. The molecule has 3 N–H and O–H groups in total. The van der Waals surface area contributed by atoms with Crippen molar-refractivity contribution in [3.63, 3.8) is 0 Å². The Labute approximate surface area is 186 Å². The van der Waals surface area contributed by atoms with Crippen LogP contribution in [0.5, 0.6) is 5.75 Å². The van der Waals surface area contributed by atoms with Gasteiger partial charge in [0.25, 0.3) is 5.91 Å². The Morgan fingerprint density at radius 2 is 1.66 bits per heavy atom. The molecule has 172 valence electrons. The van der Waals surface area contributed by atoms with Crippen molar-refractivity contribution in [1.29, 1.82) is 0 Å². The van der Waals surface area contributed by atoms with E-state index < -0.39 is 34.0 Å². The first kappa shape index (κ1) is 24.8. The number of carbonyl (C=O) groups excluding carboxylic acids is 3. The maximum absolute atomic E-state index is 12.4. The summed E-state index contributed by atoms with van der Waals surface area (Å²) in [5.74, 6) is -1.11. The number of amides is 3. The maximum atomic E-state index is 12.4. The molecule has 0 saturated carbocycles. The van der Waals surface area contributed by atoms with Crippen molar-refractivity contribution in [2.24, 2.45) is 0 Å². The maximum Gasteiger partial charge on any atom is 0.321 e. The fourth-order valence-corrected chi connectivity index (χ4v) is 3.62. The van der Waals surface area contributed by atoms with Crippen LogP contribution in [-0.4, -0.2) is 46.5 Å².